The minimum atomic E-state index is -3.82. The Hall–Kier alpha value is -2.36. The summed E-state index contributed by atoms with van der Waals surface area (Å²) in [5, 5.41) is 0.397. The first-order chi connectivity index (χ1) is 14.2. The molecule has 10 heteroatoms. The van der Waals surface area contributed by atoms with Crippen LogP contribution in [0.4, 0.5) is 8.78 Å². The van der Waals surface area contributed by atoms with Gasteiger partial charge in [0, 0.05) is 18.1 Å². The smallest absolute Gasteiger partial charge is 0.310 e. The Morgan fingerprint density at radius 3 is 2.53 bits per heavy atom. The molecule has 1 unspecified atom stereocenters. The van der Waals surface area contributed by atoms with Crippen LogP contribution in [0.5, 0.6) is 0 Å². The van der Waals surface area contributed by atoms with Gasteiger partial charge in [-0.2, -0.15) is 4.31 Å². The number of halogens is 3. The van der Waals surface area contributed by atoms with E-state index in [9.17, 15) is 26.8 Å². The predicted molar refractivity (Wildman–Crippen MR) is 105 cm³/mol. The Morgan fingerprint density at radius 2 is 1.83 bits per heavy atom. The van der Waals surface area contributed by atoms with E-state index in [1.165, 1.54) is 28.6 Å². The normalized spacial score (nSPS) is 17.5. The highest BCUT2D eigenvalue weighted by atomic mass is 35.5. The van der Waals surface area contributed by atoms with Gasteiger partial charge >= 0.3 is 5.97 Å². The number of Topliss-reactive ketones (excluding diaryl/α,β-unsaturated/α-hetero) is 1. The molecular weight excluding hydrogens is 440 g/mol. The fourth-order valence-corrected chi connectivity index (χ4v) is 4.80. The average molecular weight is 458 g/mol. The lowest BCUT2D eigenvalue weighted by Gasteiger charge is -2.30. The van der Waals surface area contributed by atoms with Crippen molar-refractivity contribution in [2.75, 3.05) is 19.7 Å². The van der Waals surface area contributed by atoms with Gasteiger partial charge < -0.3 is 4.74 Å². The van der Waals surface area contributed by atoms with Crippen LogP contribution in [0.25, 0.3) is 0 Å². The summed E-state index contributed by atoms with van der Waals surface area (Å²) in [7, 11) is -3.82. The molecule has 30 heavy (non-hydrogen) atoms. The van der Waals surface area contributed by atoms with E-state index in [1.807, 2.05) is 0 Å². The number of esters is 1. The van der Waals surface area contributed by atoms with Crippen LogP contribution in [0, 0.1) is 17.6 Å². The zero-order chi connectivity index (χ0) is 21.9. The number of piperidine rings is 1. The van der Waals surface area contributed by atoms with Crippen LogP contribution in [0.1, 0.15) is 23.2 Å². The van der Waals surface area contributed by atoms with E-state index in [4.69, 9.17) is 16.3 Å². The summed E-state index contributed by atoms with van der Waals surface area (Å²) in [5.41, 5.74) is -0.515. The van der Waals surface area contributed by atoms with Crippen LogP contribution in [-0.2, 0) is 19.6 Å². The molecule has 0 aromatic heterocycles. The van der Waals surface area contributed by atoms with Crippen LogP contribution in [-0.4, -0.2) is 44.2 Å². The third-order valence-electron chi connectivity index (χ3n) is 4.74. The molecular formula is C20H18ClF2NO5S. The van der Waals surface area contributed by atoms with Gasteiger partial charge in [-0.3, -0.25) is 9.59 Å². The Morgan fingerprint density at radius 1 is 1.13 bits per heavy atom. The van der Waals surface area contributed by atoms with E-state index in [-0.39, 0.29) is 18.0 Å². The number of nitrogens with zero attached hydrogens (tertiary/aromatic N) is 1. The van der Waals surface area contributed by atoms with Crippen LogP contribution >= 0.6 is 11.6 Å². The maximum Gasteiger partial charge on any atom is 0.310 e. The van der Waals surface area contributed by atoms with E-state index in [1.54, 1.807) is 0 Å². The van der Waals surface area contributed by atoms with Gasteiger partial charge in [-0.25, -0.2) is 17.2 Å². The van der Waals surface area contributed by atoms with E-state index in [2.05, 4.69) is 0 Å². The summed E-state index contributed by atoms with van der Waals surface area (Å²) >= 11 is 5.79. The first-order valence-electron chi connectivity index (χ1n) is 9.09. The topological polar surface area (TPSA) is 80.8 Å². The Balaban J connectivity index is 1.63. The highest BCUT2D eigenvalue weighted by Crippen LogP contribution is 2.25. The fraction of sp³-hybridized carbons (Fsp3) is 0.300. The third kappa shape index (κ3) is 5.03. The standard InChI is InChI=1S/C20H18ClF2NO5S/c21-14-3-6-16(7-4-14)30(27,28)24-9-1-2-13(11-24)20(26)29-12-19(25)17-10-15(22)5-8-18(17)23/h3-8,10,13H,1-2,9,11-12H2. The van der Waals surface area contributed by atoms with Gasteiger partial charge in [-0.1, -0.05) is 11.6 Å². The number of hydrogen-bond donors (Lipinski definition) is 0. The molecule has 0 amide bonds. The molecule has 0 radical (unpaired) electrons. The first kappa shape index (κ1) is 22.3. The van der Waals surface area contributed by atoms with E-state index < -0.39 is 51.5 Å². The van der Waals surface area contributed by atoms with Crippen molar-refractivity contribution in [2.24, 2.45) is 5.92 Å². The largest absolute Gasteiger partial charge is 0.457 e. The molecule has 1 aliphatic rings. The summed E-state index contributed by atoms with van der Waals surface area (Å²) in [4.78, 5) is 24.5. The van der Waals surface area contributed by atoms with E-state index >= 15 is 0 Å². The molecule has 160 valence electrons. The average Bonchev–Trinajstić information content (AvgIpc) is 2.74. The number of ether oxygens (including phenoxy) is 1. The maximum absolute atomic E-state index is 13.7. The molecule has 0 aliphatic carbocycles. The summed E-state index contributed by atoms with van der Waals surface area (Å²) in [6.07, 6.45) is 0.813. The molecule has 3 rings (SSSR count). The van der Waals surface area contributed by atoms with E-state index in [0.717, 1.165) is 18.2 Å². The Labute approximate surface area is 177 Å². The van der Waals surface area contributed by atoms with Crippen molar-refractivity contribution in [1.29, 1.82) is 0 Å². The van der Waals surface area contributed by atoms with Crippen molar-refractivity contribution in [1.82, 2.24) is 4.31 Å². The minimum Gasteiger partial charge on any atom is -0.457 e. The van der Waals surface area contributed by atoms with Crippen molar-refractivity contribution < 1.29 is 31.5 Å². The summed E-state index contributed by atoms with van der Waals surface area (Å²) in [6.45, 7) is -0.631. The van der Waals surface area contributed by atoms with Crippen molar-refractivity contribution in [3.8, 4) is 0 Å². The molecule has 0 N–H and O–H groups in total. The van der Waals surface area contributed by atoms with Gasteiger partial charge in [0.25, 0.3) is 0 Å². The number of hydrogen-bond acceptors (Lipinski definition) is 5. The highest BCUT2D eigenvalue weighted by Gasteiger charge is 2.34. The van der Waals surface area contributed by atoms with Crippen LogP contribution in [0.3, 0.4) is 0 Å². The second-order valence-corrected chi connectivity index (χ2v) is 9.19. The lowest BCUT2D eigenvalue weighted by Crippen LogP contribution is -2.43. The molecule has 1 saturated heterocycles. The molecule has 0 saturated carbocycles. The van der Waals surface area contributed by atoms with E-state index in [0.29, 0.717) is 17.9 Å². The third-order valence-corrected chi connectivity index (χ3v) is 6.87. The molecule has 1 fully saturated rings. The van der Waals surface area contributed by atoms with Crippen molar-refractivity contribution >= 4 is 33.4 Å². The minimum absolute atomic E-state index is 0.0534. The molecule has 1 aliphatic heterocycles. The van der Waals surface area contributed by atoms with Gasteiger partial charge in [0.05, 0.1) is 16.4 Å². The van der Waals surface area contributed by atoms with Crippen LogP contribution < -0.4 is 0 Å². The van der Waals surface area contributed by atoms with Crippen molar-refractivity contribution in [2.45, 2.75) is 17.7 Å². The van der Waals surface area contributed by atoms with Gasteiger partial charge in [-0.05, 0) is 55.3 Å². The molecule has 0 spiro atoms. The molecule has 2 aromatic rings. The van der Waals surface area contributed by atoms with Gasteiger partial charge in [0.15, 0.2) is 6.61 Å². The second-order valence-electron chi connectivity index (χ2n) is 6.81. The summed E-state index contributed by atoms with van der Waals surface area (Å²) < 4.78 is 58.6. The van der Waals surface area contributed by atoms with Crippen molar-refractivity contribution in [3.05, 3.63) is 64.7 Å². The predicted octanol–water partition coefficient (Wildman–Crippen LogP) is 3.45. The number of sulfonamides is 1. The molecule has 6 nitrogen and oxygen atoms in total. The Bertz CT molecular complexity index is 1060. The molecule has 1 heterocycles. The maximum atomic E-state index is 13.7. The zero-order valence-electron chi connectivity index (χ0n) is 15.7. The summed E-state index contributed by atoms with van der Waals surface area (Å²) in [6, 6.07) is 8.09. The zero-order valence-corrected chi connectivity index (χ0v) is 17.3. The second kappa shape index (κ2) is 9.20. The monoisotopic (exact) mass is 457 g/mol. The number of carbonyl (C=O) groups excluding carboxylic acids is 2. The van der Waals surface area contributed by atoms with Crippen LogP contribution in [0.15, 0.2) is 47.4 Å². The highest BCUT2D eigenvalue weighted by molar-refractivity contribution is 7.89. The lowest BCUT2D eigenvalue weighted by atomic mass is 10.00. The van der Waals surface area contributed by atoms with Gasteiger partial charge in [0.1, 0.15) is 11.6 Å². The number of rotatable bonds is 6. The fourth-order valence-electron chi connectivity index (χ4n) is 3.15. The number of benzene rings is 2. The first-order valence-corrected chi connectivity index (χ1v) is 10.9. The lowest BCUT2D eigenvalue weighted by molar-refractivity contribution is -0.148. The number of carbonyl (C=O) groups is 2. The quantitative estimate of drug-likeness (QED) is 0.490. The molecule has 2 aromatic carbocycles. The van der Waals surface area contributed by atoms with Gasteiger partial charge in [0.2, 0.25) is 15.8 Å². The number of ketones is 1. The summed E-state index contributed by atoms with van der Waals surface area (Å²) in [5.74, 6) is -4.14. The Kier molecular flexibility index (Phi) is 6.84. The van der Waals surface area contributed by atoms with Gasteiger partial charge in [-0.15, -0.1) is 0 Å². The van der Waals surface area contributed by atoms with Crippen LogP contribution in [0.2, 0.25) is 5.02 Å². The SMILES string of the molecule is O=C(COC(=O)C1CCCN(S(=O)(=O)c2ccc(Cl)cc2)C1)c1cc(F)ccc1F. The molecule has 1 atom stereocenters. The molecule has 0 bridgehead atoms. The van der Waals surface area contributed by atoms with Crippen molar-refractivity contribution in [3.63, 3.8) is 0 Å².